The van der Waals surface area contributed by atoms with Gasteiger partial charge < -0.3 is 5.11 Å². The van der Waals surface area contributed by atoms with Crippen LogP contribution in [0.1, 0.15) is 0 Å². The molecule has 21 heavy (non-hydrogen) atoms. The molecule has 4 nitrogen and oxygen atoms in total. The molecule has 1 aromatic carbocycles. The van der Waals surface area contributed by atoms with Crippen LogP contribution in [0.3, 0.4) is 0 Å². The SMILES string of the molecule is Oc1ccccc1-c1csc(-c2cnn3ccccc23)n1. The zero-order valence-corrected chi connectivity index (χ0v) is 11.8. The van der Waals surface area contributed by atoms with Crippen LogP contribution >= 0.6 is 11.3 Å². The number of para-hydroxylation sites is 1. The molecular formula is C16H11N3OS. The molecule has 4 aromatic rings. The highest BCUT2D eigenvalue weighted by atomic mass is 32.1. The molecule has 0 unspecified atom stereocenters. The Morgan fingerprint density at radius 2 is 1.86 bits per heavy atom. The minimum atomic E-state index is 0.245. The van der Waals surface area contributed by atoms with Gasteiger partial charge in [0.25, 0.3) is 0 Å². The maximum atomic E-state index is 9.92. The smallest absolute Gasteiger partial charge is 0.127 e. The largest absolute Gasteiger partial charge is 0.507 e. The molecule has 0 atom stereocenters. The van der Waals surface area contributed by atoms with E-state index in [0.717, 1.165) is 27.3 Å². The van der Waals surface area contributed by atoms with Gasteiger partial charge in [-0.2, -0.15) is 5.10 Å². The Kier molecular flexibility index (Phi) is 2.72. The fraction of sp³-hybridized carbons (Fsp3) is 0. The van der Waals surface area contributed by atoms with Gasteiger partial charge in [-0.25, -0.2) is 9.50 Å². The number of aromatic nitrogens is 3. The maximum Gasteiger partial charge on any atom is 0.127 e. The second-order valence-corrected chi connectivity index (χ2v) is 5.50. The molecule has 4 rings (SSSR count). The standard InChI is InChI=1S/C16H11N3OS/c20-15-7-2-1-5-11(15)13-10-21-16(18-13)12-9-17-19-8-4-3-6-14(12)19/h1-10,20H. The van der Waals surface area contributed by atoms with Crippen molar-refractivity contribution in [3.8, 4) is 27.6 Å². The highest BCUT2D eigenvalue weighted by molar-refractivity contribution is 7.13. The molecule has 0 bridgehead atoms. The zero-order valence-electron chi connectivity index (χ0n) is 11.0. The van der Waals surface area contributed by atoms with E-state index in [9.17, 15) is 5.11 Å². The van der Waals surface area contributed by atoms with Gasteiger partial charge in [-0.3, -0.25) is 0 Å². The number of pyridine rings is 1. The number of aromatic hydroxyl groups is 1. The fourth-order valence-corrected chi connectivity index (χ4v) is 3.15. The predicted molar refractivity (Wildman–Crippen MR) is 83.4 cm³/mol. The number of phenols is 1. The third-order valence-corrected chi connectivity index (χ3v) is 4.22. The van der Waals surface area contributed by atoms with Gasteiger partial charge in [-0.05, 0) is 24.3 Å². The summed E-state index contributed by atoms with van der Waals surface area (Å²) in [7, 11) is 0. The van der Waals surface area contributed by atoms with Gasteiger partial charge in [0.2, 0.25) is 0 Å². The molecule has 3 aromatic heterocycles. The number of fused-ring (bicyclic) bond motifs is 1. The molecule has 0 radical (unpaired) electrons. The average molecular weight is 293 g/mol. The Morgan fingerprint density at radius 1 is 1.00 bits per heavy atom. The second-order valence-electron chi connectivity index (χ2n) is 4.64. The summed E-state index contributed by atoms with van der Waals surface area (Å²) in [6.07, 6.45) is 3.74. The van der Waals surface area contributed by atoms with Crippen molar-refractivity contribution >= 4 is 16.9 Å². The van der Waals surface area contributed by atoms with Gasteiger partial charge >= 0.3 is 0 Å². The molecule has 0 aliphatic rings. The minimum absolute atomic E-state index is 0.245. The average Bonchev–Trinajstić information content (AvgIpc) is 3.14. The van der Waals surface area contributed by atoms with Crippen molar-refractivity contribution in [2.75, 3.05) is 0 Å². The summed E-state index contributed by atoms with van der Waals surface area (Å²) in [6.45, 7) is 0. The van der Waals surface area contributed by atoms with E-state index in [2.05, 4.69) is 10.1 Å². The van der Waals surface area contributed by atoms with E-state index < -0.39 is 0 Å². The van der Waals surface area contributed by atoms with Crippen LogP contribution in [0, 0.1) is 0 Å². The number of thiazole rings is 1. The van der Waals surface area contributed by atoms with E-state index in [1.165, 1.54) is 0 Å². The first-order valence-electron chi connectivity index (χ1n) is 6.49. The molecule has 0 aliphatic carbocycles. The Morgan fingerprint density at radius 3 is 2.76 bits per heavy atom. The van der Waals surface area contributed by atoms with Crippen molar-refractivity contribution in [3.63, 3.8) is 0 Å². The van der Waals surface area contributed by atoms with Crippen molar-refractivity contribution in [2.24, 2.45) is 0 Å². The van der Waals surface area contributed by atoms with E-state index in [-0.39, 0.29) is 5.75 Å². The van der Waals surface area contributed by atoms with Gasteiger partial charge in [0.15, 0.2) is 0 Å². The summed E-state index contributed by atoms with van der Waals surface area (Å²) in [5.41, 5.74) is 3.55. The second kappa shape index (κ2) is 4.71. The Balaban J connectivity index is 1.83. The summed E-state index contributed by atoms with van der Waals surface area (Å²) >= 11 is 1.55. The lowest BCUT2D eigenvalue weighted by Gasteiger charge is -1.99. The van der Waals surface area contributed by atoms with Gasteiger partial charge in [0, 0.05) is 17.1 Å². The van der Waals surface area contributed by atoms with E-state index >= 15 is 0 Å². The molecule has 1 N–H and O–H groups in total. The third-order valence-electron chi connectivity index (χ3n) is 3.34. The first-order valence-corrected chi connectivity index (χ1v) is 7.37. The van der Waals surface area contributed by atoms with Crippen LogP contribution in [-0.4, -0.2) is 19.7 Å². The van der Waals surface area contributed by atoms with Gasteiger partial charge in [-0.15, -0.1) is 11.3 Å². The Hall–Kier alpha value is -2.66. The van der Waals surface area contributed by atoms with Crippen LogP contribution in [0.5, 0.6) is 5.75 Å². The number of phenolic OH excluding ortho intramolecular Hbond substituents is 1. The van der Waals surface area contributed by atoms with Crippen molar-refractivity contribution in [1.29, 1.82) is 0 Å². The minimum Gasteiger partial charge on any atom is -0.507 e. The monoisotopic (exact) mass is 293 g/mol. The lowest BCUT2D eigenvalue weighted by molar-refractivity contribution is 0.477. The Labute approximate surface area is 125 Å². The number of rotatable bonds is 2. The summed E-state index contributed by atoms with van der Waals surface area (Å²) in [4.78, 5) is 4.64. The highest BCUT2D eigenvalue weighted by Gasteiger charge is 2.12. The quantitative estimate of drug-likeness (QED) is 0.611. The van der Waals surface area contributed by atoms with Crippen molar-refractivity contribution < 1.29 is 5.11 Å². The van der Waals surface area contributed by atoms with Crippen LogP contribution in [0.15, 0.2) is 60.2 Å². The van der Waals surface area contributed by atoms with Crippen LogP contribution < -0.4 is 0 Å². The molecule has 0 saturated carbocycles. The van der Waals surface area contributed by atoms with Crippen LogP contribution in [0.2, 0.25) is 0 Å². The van der Waals surface area contributed by atoms with Crippen LogP contribution in [-0.2, 0) is 0 Å². The summed E-state index contributed by atoms with van der Waals surface area (Å²) in [5.74, 6) is 0.245. The summed E-state index contributed by atoms with van der Waals surface area (Å²) < 4.78 is 1.83. The first kappa shape index (κ1) is 12.1. The predicted octanol–water partition coefficient (Wildman–Crippen LogP) is 3.83. The van der Waals surface area contributed by atoms with Gasteiger partial charge in [0.05, 0.1) is 23.0 Å². The molecular weight excluding hydrogens is 282 g/mol. The number of nitrogens with zero attached hydrogens (tertiary/aromatic N) is 3. The van der Waals surface area contributed by atoms with E-state index in [1.54, 1.807) is 23.5 Å². The topological polar surface area (TPSA) is 50.4 Å². The molecule has 0 aliphatic heterocycles. The molecule has 3 heterocycles. The van der Waals surface area contributed by atoms with E-state index in [1.807, 2.05) is 52.6 Å². The molecule has 102 valence electrons. The fourth-order valence-electron chi connectivity index (χ4n) is 2.31. The third kappa shape index (κ3) is 1.98. The number of benzene rings is 1. The Bertz CT molecular complexity index is 926. The van der Waals surface area contributed by atoms with Crippen molar-refractivity contribution in [3.05, 3.63) is 60.2 Å². The van der Waals surface area contributed by atoms with Crippen LogP contribution in [0.25, 0.3) is 27.3 Å². The van der Waals surface area contributed by atoms with E-state index in [4.69, 9.17) is 0 Å². The van der Waals surface area contributed by atoms with Crippen molar-refractivity contribution in [2.45, 2.75) is 0 Å². The number of hydrogen-bond donors (Lipinski definition) is 1. The molecule has 0 spiro atoms. The molecule has 0 fully saturated rings. The number of hydrogen-bond acceptors (Lipinski definition) is 4. The summed E-state index contributed by atoms with van der Waals surface area (Å²) in [6, 6.07) is 13.2. The lowest BCUT2D eigenvalue weighted by Crippen LogP contribution is -1.83. The van der Waals surface area contributed by atoms with Crippen LogP contribution in [0.4, 0.5) is 0 Å². The maximum absolute atomic E-state index is 9.92. The van der Waals surface area contributed by atoms with Gasteiger partial charge in [0.1, 0.15) is 10.8 Å². The first-order chi connectivity index (χ1) is 10.3. The normalized spacial score (nSPS) is 11.0. The zero-order chi connectivity index (χ0) is 14.2. The highest BCUT2D eigenvalue weighted by Crippen LogP contribution is 2.34. The lowest BCUT2D eigenvalue weighted by atomic mass is 10.1. The molecule has 5 heteroatoms. The summed E-state index contributed by atoms with van der Waals surface area (Å²) in [5, 5.41) is 17.1. The van der Waals surface area contributed by atoms with Crippen molar-refractivity contribution in [1.82, 2.24) is 14.6 Å². The molecule has 0 saturated heterocycles. The van der Waals surface area contributed by atoms with E-state index in [0.29, 0.717) is 0 Å². The molecule has 0 amide bonds. The van der Waals surface area contributed by atoms with Gasteiger partial charge in [-0.1, -0.05) is 18.2 Å².